The summed E-state index contributed by atoms with van der Waals surface area (Å²) in [6.45, 7) is 4.65. The van der Waals surface area contributed by atoms with Crippen LogP contribution in [0.1, 0.15) is 44.6 Å². The van der Waals surface area contributed by atoms with Crippen LogP contribution in [0, 0.1) is 5.92 Å². The molecule has 1 fully saturated rings. The van der Waals surface area contributed by atoms with E-state index in [9.17, 15) is 9.59 Å². The van der Waals surface area contributed by atoms with Crippen LogP contribution in [-0.4, -0.2) is 34.5 Å². The average Bonchev–Trinajstić information content (AvgIpc) is 2.85. The number of carboxylic acids is 1. The normalized spacial score (nSPS) is 19.5. The molecule has 0 spiro atoms. The van der Waals surface area contributed by atoms with Crippen molar-refractivity contribution in [3.05, 3.63) is 34.9 Å². The molecule has 0 aromatic heterocycles. The van der Waals surface area contributed by atoms with Gasteiger partial charge in [0, 0.05) is 17.6 Å². The number of rotatable bonds is 5. The zero-order valence-electron chi connectivity index (χ0n) is 13.0. The molecule has 2 unspecified atom stereocenters. The molecule has 2 atom stereocenters. The highest BCUT2D eigenvalue weighted by Crippen LogP contribution is 2.32. The van der Waals surface area contributed by atoms with Crippen molar-refractivity contribution in [1.82, 2.24) is 4.90 Å². The largest absolute Gasteiger partial charge is 0.481 e. The lowest BCUT2D eigenvalue weighted by atomic mass is 9.87. The van der Waals surface area contributed by atoms with Crippen LogP contribution in [0.5, 0.6) is 0 Å². The van der Waals surface area contributed by atoms with Crippen LogP contribution in [0.4, 0.5) is 0 Å². The van der Waals surface area contributed by atoms with Crippen molar-refractivity contribution in [3.63, 3.8) is 0 Å². The van der Waals surface area contributed by atoms with Gasteiger partial charge in [-0.3, -0.25) is 9.59 Å². The van der Waals surface area contributed by atoms with Crippen molar-refractivity contribution >= 4 is 23.5 Å². The van der Waals surface area contributed by atoms with Crippen molar-refractivity contribution in [2.75, 3.05) is 6.54 Å². The number of hydrogen-bond donors (Lipinski definition) is 1. The van der Waals surface area contributed by atoms with Crippen LogP contribution in [0.25, 0.3) is 0 Å². The van der Waals surface area contributed by atoms with Crippen molar-refractivity contribution in [1.29, 1.82) is 0 Å². The Balaban J connectivity index is 2.25. The Morgan fingerprint density at radius 1 is 1.41 bits per heavy atom. The second-order valence-corrected chi connectivity index (χ2v) is 6.64. The smallest absolute Gasteiger partial charge is 0.305 e. The first-order valence-corrected chi connectivity index (χ1v) is 8.05. The minimum atomic E-state index is -0.853. The summed E-state index contributed by atoms with van der Waals surface area (Å²) in [5.41, 5.74) is 0.897. The lowest BCUT2D eigenvalue weighted by Gasteiger charge is -2.30. The zero-order chi connectivity index (χ0) is 16.3. The molecule has 4 nitrogen and oxygen atoms in total. The van der Waals surface area contributed by atoms with Crippen LogP contribution in [-0.2, 0) is 9.59 Å². The lowest BCUT2D eigenvalue weighted by molar-refractivity contribution is -0.140. The Morgan fingerprint density at radius 3 is 2.73 bits per heavy atom. The molecule has 1 amide bonds. The van der Waals surface area contributed by atoms with Gasteiger partial charge in [0.1, 0.15) is 0 Å². The topological polar surface area (TPSA) is 57.6 Å². The van der Waals surface area contributed by atoms with Crippen molar-refractivity contribution in [3.8, 4) is 0 Å². The summed E-state index contributed by atoms with van der Waals surface area (Å²) < 4.78 is 0. The maximum atomic E-state index is 13.0. The van der Waals surface area contributed by atoms with Gasteiger partial charge in [0.25, 0.3) is 0 Å². The third kappa shape index (κ3) is 3.80. The van der Waals surface area contributed by atoms with Crippen LogP contribution >= 0.6 is 11.6 Å². The van der Waals surface area contributed by atoms with E-state index >= 15 is 0 Å². The van der Waals surface area contributed by atoms with Crippen LogP contribution in [0.3, 0.4) is 0 Å². The van der Waals surface area contributed by atoms with Gasteiger partial charge in [0.05, 0.1) is 12.3 Å². The second kappa shape index (κ2) is 7.14. The molecule has 1 aliphatic heterocycles. The van der Waals surface area contributed by atoms with E-state index in [4.69, 9.17) is 16.7 Å². The fourth-order valence-electron chi connectivity index (χ4n) is 3.23. The fraction of sp³-hybridized carbons (Fsp3) is 0.529. The number of nitrogens with zero attached hydrogens (tertiary/aromatic N) is 1. The molecule has 0 radical (unpaired) electrons. The van der Waals surface area contributed by atoms with E-state index in [0.717, 1.165) is 18.4 Å². The van der Waals surface area contributed by atoms with E-state index in [2.05, 4.69) is 0 Å². The third-order valence-corrected chi connectivity index (χ3v) is 4.45. The minimum absolute atomic E-state index is 0.0148. The van der Waals surface area contributed by atoms with E-state index in [1.54, 1.807) is 11.0 Å². The lowest BCUT2D eigenvalue weighted by Crippen LogP contribution is -2.41. The molecule has 1 N–H and O–H groups in total. The van der Waals surface area contributed by atoms with Gasteiger partial charge in [-0.15, -0.1) is 0 Å². The van der Waals surface area contributed by atoms with E-state index in [0.29, 0.717) is 11.6 Å². The number of likely N-dealkylation sites (tertiary alicyclic amines) is 1. The Labute approximate surface area is 136 Å². The number of hydrogen-bond acceptors (Lipinski definition) is 2. The molecule has 120 valence electrons. The minimum Gasteiger partial charge on any atom is -0.481 e. The molecule has 1 saturated heterocycles. The van der Waals surface area contributed by atoms with Crippen molar-refractivity contribution < 1.29 is 14.7 Å². The number of carboxylic acid groups (broad SMARTS) is 1. The predicted molar refractivity (Wildman–Crippen MR) is 86.0 cm³/mol. The highest BCUT2D eigenvalue weighted by molar-refractivity contribution is 6.30. The number of benzene rings is 1. The Morgan fingerprint density at radius 2 is 2.14 bits per heavy atom. The monoisotopic (exact) mass is 323 g/mol. The quantitative estimate of drug-likeness (QED) is 0.901. The molecule has 1 aliphatic rings. The molecule has 0 aliphatic carbocycles. The maximum absolute atomic E-state index is 13.0. The molecule has 0 bridgehead atoms. The van der Waals surface area contributed by atoms with Gasteiger partial charge in [-0.05, 0) is 36.5 Å². The first kappa shape index (κ1) is 16.8. The zero-order valence-corrected chi connectivity index (χ0v) is 13.7. The summed E-state index contributed by atoms with van der Waals surface area (Å²) in [6, 6.07) is 7.18. The van der Waals surface area contributed by atoms with Crippen LogP contribution in [0.2, 0.25) is 5.02 Å². The summed E-state index contributed by atoms with van der Waals surface area (Å²) in [4.78, 5) is 25.7. The molecule has 1 aromatic rings. The van der Waals surface area contributed by atoms with Crippen LogP contribution in [0.15, 0.2) is 24.3 Å². The maximum Gasteiger partial charge on any atom is 0.305 e. The molecule has 22 heavy (non-hydrogen) atoms. The van der Waals surface area contributed by atoms with Gasteiger partial charge in [-0.2, -0.15) is 0 Å². The molecular formula is C17H22ClNO3. The Kier molecular flexibility index (Phi) is 5.46. The predicted octanol–water partition coefficient (Wildman–Crippen LogP) is 3.55. The number of halogens is 1. The standard InChI is InChI=1S/C17H22ClNO3/c1-11(2)16(12-5-3-6-13(18)9-12)17(22)19-8-4-7-14(19)10-15(20)21/h3,5-6,9,11,14,16H,4,7-8,10H2,1-2H3,(H,20,21). The second-order valence-electron chi connectivity index (χ2n) is 6.20. The molecule has 0 saturated carbocycles. The van der Waals surface area contributed by atoms with Gasteiger partial charge in [-0.1, -0.05) is 37.6 Å². The summed E-state index contributed by atoms with van der Waals surface area (Å²) >= 11 is 6.05. The van der Waals surface area contributed by atoms with Gasteiger partial charge in [-0.25, -0.2) is 0 Å². The van der Waals surface area contributed by atoms with E-state index in [-0.39, 0.29) is 30.2 Å². The van der Waals surface area contributed by atoms with E-state index in [1.165, 1.54) is 0 Å². The highest BCUT2D eigenvalue weighted by Gasteiger charge is 2.36. The van der Waals surface area contributed by atoms with E-state index < -0.39 is 5.97 Å². The number of carbonyl (C=O) groups is 2. The molecular weight excluding hydrogens is 302 g/mol. The van der Waals surface area contributed by atoms with Gasteiger partial charge in [0.2, 0.25) is 5.91 Å². The van der Waals surface area contributed by atoms with Gasteiger partial charge >= 0.3 is 5.97 Å². The first-order chi connectivity index (χ1) is 10.4. The number of aliphatic carboxylic acids is 1. The first-order valence-electron chi connectivity index (χ1n) is 7.68. The Hall–Kier alpha value is -1.55. The van der Waals surface area contributed by atoms with Crippen LogP contribution < -0.4 is 0 Å². The molecule has 2 rings (SSSR count). The summed E-state index contributed by atoms with van der Waals surface area (Å²) in [7, 11) is 0. The summed E-state index contributed by atoms with van der Waals surface area (Å²) in [5.74, 6) is -1.00. The van der Waals surface area contributed by atoms with Gasteiger partial charge < -0.3 is 10.0 Å². The Bertz CT molecular complexity index is 559. The average molecular weight is 324 g/mol. The van der Waals surface area contributed by atoms with Gasteiger partial charge in [0.15, 0.2) is 0 Å². The number of amides is 1. The SMILES string of the molecule is CC(C)C(C(=O)N1CCCC1CC(=O)O)c1cccc(Cl)c1. The number of carbonyl (C=O) groups excluding carboxylic acids is 1. The molecule has 1 aromatic carbocycles. The highest BCUT2D eigenvalue weighted by atomic mass is 35.5. The van der Waals surface area contributed by atoms with Crippen molar-refractivity contribution in [2.24, 2.45) is 5.92 Å². The fourth-order valence-corrected chi connectivity index (χ4v) is 3.43. The summed E-state index contributed by atoms with van der Waals surface area (Å²) in [6.07, 6.45) is 1.65. The third-order valence-electron chi connectivity index (χ3n) is 4.21. The summed E-state index contributed by atoms with van der Waals surface area (Å²) in [5, 5.41) is 9.63. The molecule has 1 heterocycles. The van der Waals surface area contributed by atoms with Crippen molar-refractivity contribution in [2.45, 2.75) is 45.1 Å². The van der Waals surface area contributed by atoms with E-state index in [1.807, 2.05) is 32.0 Å². The molecule has 5 heteroatoms.